The first-order valence-electron chi connectivity index (χ1n) is 9.80. The van der Waals surface area contributed by atoms with Gasteiger partial charge in [-0.05, 0) is 11.1 Å². The average molecular weight is 392 g/mol. The molecule has 0 saturated heterocycles. The zero-order valence-corrected chi connectivity index (χ0v) is 16.2. The molecule has 7 heteroatoms. The Kier molecular flexibility index (Phi) is 5.86. The second kappa shape index (κ2) is 8.87. The molecular formula is C22H24N4O3. The number of ether oxygens (including phenoxy) is 1. The first-order valence-corrected chi connectivity index (χ1v) is 9.80. The lowest BCUT2D eigenvalue weighted by Gasteiger charge is -2.20. The Balaban J connectivity index is 1.33. The summed E-state index contributed by atoms with van der Waals surface area (Å²) < 4.78 is 8.75. The maximum atomic E-state index is 12.7. The van der Waals surface area contributed by atoms with Crippen molar-refractivity contribution in [2.75, 3.05) is 19.7 Å². The molecule has 0 N–H and O–H groups in total. The van der Waals surface area contributed by atoms with Gasteiger partial charge in [0.05, 0.1) is 13.2 Å². The van der Waals surface area contributed by atoms with Crippen molar-refractivity contribution in [1.82, 2.24) is 19.2 Å². The van der Waals surface area contributed by atoms with Gasteiger partial charge in [0.15, 0.2) is 0 Å². The number of carbonyl (C=O) groups is 1. The minimum Gasteiger partial charge on any atom is -0.367 e. The van der Waals surface area contributed by atoms with E-state index in [1.807, 2.05) is 60.7 Å². The highest BCUT2D eigenvalue weighted by Crippen LogP contribution is 2.08. The van der Waals surface area contributed by atoms with Gasteiger partial charge in [0.2, 0.25) is 5.91 Å². The Morgan fingerprint density at radius 1 is 0.931 bits per heavy atom. The van der Waals surface area contributed by atoms with Gasteiger partial charge in [-0.2, -0.15) is 5.10 Å². The Morgan fingerprint density at radius 2 is 1.62 bits per heavy atom. The number of amides is 1. The Morgan fingerprint density at radius 3 is 2.34 bits per heavy atom. The number of hydrogen-bond donors (Lipinski definition) is 0. The van der Waals surface area contributed by atoms with Crippen molar-refractivity contribution in [2.24, 2.45) is 0 Å². The van der Waals surface area contributed by atoms with E-state index in [0.29, 0.717) is 39.2 Å². The van der Waals surface area contributed by atoms with Crippen molar-refractivity contribution in [3.63, 3.8) is 0 Å². The molecule has 0 aliphatic carbocycles. The monoisotopic (exact) mass is 392 g/mol. The quantitative estimate of drug-likeness (QED) is 0.640. The smallest absolute Gasteiger partial charge is 0.346 e. The van der Waals surface area contributed by atoms with Crippen LogP contribution in [0.4, 0.5) is 0 Å². The molecule has 4 rings (SSSR count). The molecule has 150 valence electrons. The summed E-state index contributed by atoms with van der Waals surface area (Å²) in [4.78, 5) is 27.0. The van der Waals surface area contributed by atoms with Crippen LogP contribution in [-0.4, -0.2) is 44.9 Å². The summed E-state index contributed by atoms with van der Waals surface area (Å²) in [5.41, 5.74) is 1.95. The number of aromatic nitrogens is 3. The third kappa shape index (κ3) is 4.63. The van der Waals surface area contributed by atoms with Gasteiger partial charge in [0.1, 0.15) is 12.4 Å². The van der Waals surface area contributed by atoms with E-state index in [-0.39, 0.29) is 18.2 Å². The lowest BCUT2D eigenvalue weighted by Crippen LogP contribution is -2.37. The molecule has 0 atom stereocenters. The molecule has 29 heavy (non-hydrogen) atoms. The standard InChI is InChI=1S/C22H24N4O3/c27-21(17-29-16-19-9-5-2-6-10-19)24-12-11-20-23-26(22(28)25(20)14-13-24)15-18-7-3-1-4-8-18/h1-10H,11-17H2. The van der Waals surface area contributed by atoms with Crippen LogP contribution in [0.25, 0.3) is 0 Å². The molecule has 0 saturated carbocycles. The topological polar surface area (TPSA) is 69.4 Å². The van der Waals surface area contributed by atoms with Crippen molar-refractivity contribution < 1.29 is 9.53 Å². The molecular weight excluding hydrogens is 368 g/mol. The maximum absolute atomic E-state index is 12.7. The maximum Gasteiger partial charge on any atom is 0.346 e. The van der Waals surface area contributed by atoms with Crippen LogP contribution in [0.2, 0.25) is 0 Å². The number of rotatable bonds is 6. The summed E-state index contributed by atoms with van der Waals surface area (Å²) in [6.07, 6.45) is 0.557. The van der Waals surface area contributed by atoms with Gasteiger partial charge in [-0.1, -0.05) is 60.7 Å². The molecule has 1 aliphatic heterocycles. The molecule has 2 aromatic carbocycles. The molecule has 0 fully saturated rings. The molecule has 0 unspecified atom stereocenters. The number of benzene rings is 2. The van der Waals surface area contributed by atoms with Gasteiger partial charge in [0.25, 0.3) is 0 Å². The summed E-state index contributed by atoms with van der Waals surface area (Å²) in [6, 6.07) is 19.6. The Bertz CT molecular complexity index is 1010. The van der Waals surface area contributed by atoms with E-state index in [0.717, 1.165) is 17.0 Å². The van der Waals surface area contributed by atoms with Crippen LogP contribution in [0.15, 0.2) is 65.5 Å². The van der Waals surface area contributed by atoms with E-state index < -0.39 is 0 Å². The molecule has 0 radical (unpaired) electrons. The third-order valence-electron chi connectivity index (χ3n) is 5.06. The van der Waals surface area contributed by atoms with Crippen LogP contribution in [0.5, 0.6) is 0 Å². The van der Waals surface area contributed by atoms with Gasteiger partial charge in [-0.15, -0.1) is 0 Å². The summed E-state index contributed by atoms with van der Waals surface area (Å²) in [5, 5.41) is 4.50. The van der Waals surface area contributed by atoms with Crippen LogP contribution in [-0.2, 0) is 35.6 Å². The minimum atomic E-state index is -0.126. The second-order valence-electron chi connectivity index (χ2n) is 7.10. The molecule has 3 aromatic rings. The van der Waals surface area contributed by atoms with Crippen LogP contribution in [0.1, 0.15) is 17.0 Å². The normalized spacial score (nSPS) is 13.7. The highest BCUT2D eigenvalue weighted by atomic mass is 16.5. The van der Waals surface area contributed by atoms with Crippen LogP contribution < -0.4 is 5.69 Å². The van der Waals surface area contributed by atoms with E-state index in [1.54, 1.807) is 9.47 Å². The first-order chi connectivity index (χ1) is 14.2. The number of fused-ring (bicyclic) bond motifs is 1. The van der Waals surface area contributed by atoms with Gasteiger partial charge in [-0.25, -0.2) is 9.48 Å². The fraction of sp³-hybridized carbons (Fsp3) is 0.318. The fourth-order valence-electron chi connectivity index (χ4n) is 3.49. The van der Waals surface area contributed by atoms with E-state index >= 15 is 0 Å². The number of nitrogens with zero attached hydrogens (tertiary/aromatic N) is 4. The first kappa shape index (κ1) is 19.1. The molecule has 2 heterocycles. The zero-order chi connectivity index (χ0) is 20.1. The molecule has 1 amide bonds. The van der Waals surface area contributed by atoms with Crippen molar-refractivity contribution in [2.45, 2.75) is 26.1 Å². The Hall–Kier alpha value is -3.19. The SMILES string of the molecule is O=C(COCc1ccccc1)N1CCc2nn(Cc3ccccc3)c(=O)n2CC1. The van der Waals surface area contributed by atoms with Crippen molar-refractivity contribution in [3.05, 3.63) is 88.1 Å². The predicted molar refractivity (Wildman–Crippen MR) is 108 cm³/mol. The average Bonchev–Trinajstić information content (AvgIpc) is 2.91. The Labute approximate surface area is 169 Å². The molecule has 7 nitrogen and oxygen atoms in total. The highest BCUT2D eigenvalue weighted by molar-refractivity contribution is 5.77. The summed E-state index contributed by atoms with van der Waals surface area (Å²) >= 11 is 0. The van der Waals surface area contributed by atoms with Crippen molar-refractivity contribution >= 4 is 5.91 Å². The number of carbonyl (C=O) groups excluding carboxylic acids is 1. The largest absolute Gasteiger partial charge is 0.367 e. The van der Waals surface area contributed by atoms with Gasteiger partial charge >= 0.3 is 5.69 Å². The van der Waals surface area contributed by atoms with Gasteiger partial charge < -0.3 is 9.64 Å². The van der Waals surface area contributed by atoms with Crippen LogP contribution >= 0.6 is 0 Å². The predicted octanol–water partition coefficient (Wildman–Crippen LogP) is 1.69. The highest BCUT2D eigenvalue weighted by Gasteiger charge is 2.22. The van der Waals surface area contributed by atoms with Gasteiger partial charge in [0, 0.05) is 26.1 Å². The summed E-state index contributed by atoms with van der Waals surface area (Å²) in [5.74, 6) is 0.669. The van der Waals surface area contributed by atoms with Gasteiger partial charge in [-0.3, -0.25) is 9.36 Å². The fourth-order valence-corrected chi connectivity index (χ4v) is 3.49. The van der Waals surface area contributed by atoms with E-state index in [9.17, 15) is 9.59 Å². The van der Waals surface area contributed by atoms with E-state index in [4.69, 9.17) is 4.74 Å². The molecule has 0 spiro atoms. The number of hydrogen-bond acceptors (Lipinski definition) is 4. The van der Waals surface area contributed by atoms with E-state index in [1.165, 1.54) is 4.68 Å². The minimum absolute atomic E-state index is 0.0372. The lowest BCUT2D eigenvalue weighted by molar-refractivity contribution is -0.136. The molecule has 1 aliphatic rings. The molecule has 0 bridgehead atoms. The third-order valence-corrected chi connectivity index (χ3v) is 5.06. The van der Waals surface area contributed by atoms with E-state index in [2.05, 4.69) is 5.10 Å². The van der Waals surface area contributed by atoms with Crippen molar-refractivity contribution in [1.29, 1.82) is 0 Å². The van der Waals surface area contributed by atoms with Crippen LogP contribution in [0, 0.1) is 0 Å². The zero-order valence-electron chi connectivity index (χ0n) is 16.2. The van der Waals surface area contributed by atoms with Crippen LogP contribution in [0.3, 0.4) is 0 Å². The van der Waals surface area contributed by atoms with Crippen molar-refractivity contribution in [3.8, 4) is 0 Å². The summed E-state index contributed by atoms with van der Waals surface area (Å²) in [7, 11) is 0. The lowest BCUT2D eigenvalue weighted by atomic mass is 10.2. The second-order valence-corrected chi connectivity index (χ2v) is 7.10. The molecule has 1 aromatic heterocycles. The summed E-state index contributed by atoms with van der Waals surface area (Å²) in [6.45, 7) is 2.37.